The maximum Gasteiger partial charge on any atom is 0.0555 e. The summed E-state index contributed by atoms with van der Waals surface area (Å²) in [6, 6.07) is 55.5. The van der Waals surface area contributed by atoms with E-state index in [0.29, 0.717) is 0 Å². The van der Waals surface area contributed by atoms with E-state index in [2.05, 4.69) is 174 Å². The molecule has 0 aliphatic carbocycles. The molecule has 2 nitrogen and oxygen atoms in total. The largest absolute Gasteiger partial charge is 0.309 e. The second-order valence-electron chi connectivity index (χ2n) is 13.1. The van der Waals surface area contributed by atoms with Crippen molar-refractivity contribution in [3.8, 4) is 22.5 Å². The van der Waals surface area contributed by atoms with E-state index < -0.39 is 0 Å². The van der Waals surface area contributed by atoms with E-state index in [1.54, 1.807) is 0 Å². The Labute approximate surface area is 299 Å². The molecule has 0 spiro atoms. The van der Waals surface area contributed by atoms with Gasteiger partial charge in [-0.1, -0.05) is 110 Å². The molecule has 0 aliphatic heterocycles. The topological polar surface area (TPSA) is 9.86 Å². The van der Waals surface area contributed by atoms with Crippen molar-refractivity contribution in [2.75, 3.05) is 0 Å². The Bertz CT molecular complexity index is 3040. The molecule has 240 valence electrons. The van der Waals surface area contributed by atoms with Crippen LogP contribution in [0.5, 0.6) is 0 Å². The van der Waals surface area contributed by atoms with E-state index in [1.165, 1.54) is 74.9 Å². The molecule has 0 bridgehead atoms. The molecular weight excluding hydrogens is 637 g/mol. The Morgan fingerprint density at radius 3 is 1.88 bits per heavy atom. The summed E-state index contributed by atoms with van der Waals surface area (Å²) in [4.78, 5) is 0. The number of fused-ring (bicyclic) bond motifs is 9. The van der Waals surface area contributed by atoms with Gasteiger partial charge in [0.15, 0.2) is 0 Å². The van der Waals surface area contributed by atoms with E-state index in [4.69, 9.17) is 0 Å². The number of para-hydroxylation sites is 1. The first-order chi connectivity index (χ1) is 25.2. The lowest BCUT2D eigenvalue weighted by atomic mass is 10.0. The minimum atomic E-state index is 1.05. The molecule has 3 heteroatoms. The van der Waals surface area contributed by atoms with Crippen LogP contribution in [0.4, 0.5) is 0 Å². The molecule has 7 aromatic carbocycles. The first-order valence-electron chi connectivity index (χ1n) is 17.2. The van der Waals surface area contributed by atoms with E-state index in [0.717, 1.165) is 22.5 Å². The minimum Gasteiger partial charge on any atom is -0.309 e. The van der Waals surface area contributed by atoms with Crippen molar-refractivity contribution in [1.82, 2.24) is 9.13 Å². The van der Waals surface area contributed by atoms with Gasteiger partial charge < -0.3 is 9.13 Å². The van der Waals surface area contributed by atoms with Crippen LogP contribution < -0.4 is 0 Å². The van der Waals surface area contributed by atoms with Gasteiger partial charge in [0.05, 0.1) is 22.1 Å². The fraction of sp³-hybridized carbons (Fsp3) is 0. The lowest BCUT2D eigenvalue weighted by molar-refractivity contribution is 1.17. The Kier molecular flexibility index (Phi) is 6.70. The summed E-state index contributed by atoms with van der Waals surface area (Å²) in [6.45, 7) is 8.05. The van der Waals surface area contributed by atoms with E-state index >= 15 is 0 Å². The summed E-state index contributed by atoms with van der Waals surface area (Å²) in [6.07, 6.45) is 5.76. The Hall–Kier alpha value is -6.42. The van der Waals surface area contributed by atoms with Crippen LogP contribution >= 0.6 is 11.3 Å². The number of nitrogens with zero attached hydrogens (tertiary/aromatic N) is 2. The van der Waals surface area contributed by atoms with Crippen LogP contribution in [0, 0.1) is 0 Å². The van der Waals surface area contributed by atoms with Gasteiger partial charge in [0.1, 0.15) is 0 Å². The van der Waals surface area contributed by atoms with Crippen molar-refractivity contribution in [2.45, 2.75) is 0 Å². The van der Waals surface area contributed by atoms with Gasteiger partial charge in [-0.05, 0) is 95.1 Å². The van der Waals surface area contributed by atoms with E-state index in [1.807, 2.05) is 29.6 Å². The summed E-state index contributed by atoms with van der Waals surface area (Å²) in [5.74, 6) is 0. The fourth-order valence-corrected chi connectivity index (χ4v) is 9.04. The summed E-state index contributed by atoms with van der Waals surface area (Å²) in [5, 5.41) is 7.52. The molecule has 51 heavy (non-hydrogen) atoms. The molecule has 0 amide bonds. The van der Waals surface area contributed by atoms with Crippen LogP contribution in [0.15, 0.2) is 183 Å². The van der Waals surface area contributed by atoms with Crippen LogP contribution in [0.1, 0.15) is 5.56 Å². The smallest absolute Gasteiger partial charge is 0.0555 e. The van der Waals surface area contributed by atoms with Crippen molar-refractivity contribution in [3.05, 3.63) is 189 Å². The van der Waals surface area contributed by atoms with Gasteiger partial charge >= 0.3 is 0 Å². The number of allylic oxidation sites excluding steroid dienone is 4. The zero-order valence-corrected chi connectivity index (χ0v) is 28.7. The lowest BCUT2D eigenvalue weighted by Crippen LogP contribution is -1.95. The quantitative estimate of drug-likeness (QED) is 0.156. The predicted molar refractivity (Wildman–Crippen MR) is 222 cm³/mol. The van der Waals surface area contributed by atoms with Crippen molar-refractivity contribution in [2.24, 2.45) is 0 Å². The van der Waals surface area contributed by atoms with Gasteiger partial charge in [0.25, 0.3) is 0 Å². The standard InChI is InChI=1S/C48H32N2S/c1-3-13-31(4-2)33-20-23-44-39(26-33)41-29-42-37-18-11-12-19-47(37)51-48(42)30-46(41)50(44)36-22-25-45-40(28-36)38-27-34(32-14-7-5-8-15-32)21-24-43(38)49(45)35-16-9-6-10-17-35/h3-30H,1-2H2/b31-13+. The van der Waals surface area contributed by atoms with Crippen molar-refractivity contribution in [1.29, 1.82) is 0 Å². The Balaban J connectivity index is 1.29. The minimum absolute atomic E-state index is 1.05. The second-order valence-corrected chi connectivity index (χ2v) is 14.1. The highest BCUT2D eigenvalue weighted by Gasteiger charge is 2.19. The van der Waals surface area contributed by atoms with Gasteiger partial charge in [-0.3, -0.25) is 0 Å². The molecule has 0 fully saturated rings. The van der Waals surface area contributed by atoms with Crippen molar-refractivity contribution >= 4 is 80.7 Å². The van der Waals surface area contributed by atoms with Gasteiger partial charge in [-0.2, -0.15) is 0 Å². The third-order valence-electron chi connectivity index (χ3n) is 10.2. The fourth-order valence-electron chi connectivity index (χ4n) is 7.92. The maximum atomic E-state index is 4.10. The zero-order chi connectivity index (χ0) is 34.1. The average molecular weight is 669 g/mol. The molecule has 0 radical (unpaired) electrons. The SMILES string of the molecule is C=C/C=C(\C=C)c1ccc2c(c1)c1cc3c(cc1n2-c1ccc2c(c1)c1cc(-c4ccccc4)ccc1n2-c1ccccc1)sc1ccccc13. The molecular formula is C48H32N2S. The molecule has 0 N–H and O–H groups in total. The number of hydrogen-bond acceptors (Lipinski definition) is 1. The van der Waals surface area contributed by atoms with E-state index in [-0.39, 0.29) is 0 Å². The molecule has 0 aliphatic rings. The summed E-state index contributed by atoms with van der Waals surface area (Å²) in [7, 11) is 0. The molecule has 3 aromatic heterocycles. The highest BCUT2D eigenvalue weighted by atomic mass is 32.1. The van der Waals surface area contributed by atoms with Crippen molar-refractivity contribution < 1.29 is 0 Å². The van der Waals surface area contributed by atoms with Crippen LogP contribution in [0.2, 0.25) is 0 Å². The normalized spacial score (nSPS) is 12.2. The number of hydrogen-bond donors (Lipinski definition) is 0. The number of thiophene rings is 1. The van der Waals surface area contributed by atoms with Crippen LogP contribution in [0.25, 0.3) is 91.9 Å². The van der Waals surface area contributed by atoms with Gasteiger partial charge in [0.2, 0.25) is 0 Å². The summed E-state index contributed by atoms with van der Waals surface area (Å²) in [5.41, 5.74) is 11.6. The third-order valence-corrected chi connectivity index (χ3v) is 11.4. The number of rotatable bonds is 6. The molecule has 0 saturated heterocycles. The van der Waals surface area contributed by atoms with Crippen molar-refractivity contribution in [3.63, 3.8) is 0 Å². The monoisotopic (exact) mass is 668 g/mol. The maximum absolute atomic E-state index is 4.10. The average Bonchev–Trinajstić information content (AvgIpc) is 3.83. The molecule has 3 heterocycles. The first kappa shape index (κ1) is 29.5. The zero-order valence-electron chi connectivity index (χ0n) is 27.9. The molecule has 0 saturated carbocycles. The Morgan fingerprint density at radius 2 is 1.10 bits per heavy atom. The van der Waals surface area contributed by atoms with E-state index in [9.17, 15) is 0 Å². The van der Waals surface area contributed by atoms with Gasteiger partial charge in [-0.15, -0.1) is 11.3 Å². The van der Waals surface area contributed by atoms with Gasteiger partial charge in [-0.25, -0.2) is 0 Å². The highest BCUT2D eigenvalue weighted by molar-refractivity contribution is 7.25. The van der Waals surface area contributed by atoms with Crippen LogP contribution in [-0.4, -0.2) is 9.13 Å². The highest BCUT2D eigenvalue weighted by Crippen LogP contribution is 2.43. The Morgan fingerprint density at radius 1 is 0.451 bits per heavy atom. The predicted octanol–water partition coefficient (Wildman–Crippen LogP) is 13.7. The number of aromatic nitrogens is 2. The first-order valence-corrected chi connectivity index (χ1v) is 18.1. The second kappa shape index (κ2) is 11.6. The molecule has 0 unspecified atom stereocenters. The summed E-state index contributed by atoms with van der Waals surface area (Å²) < 4.78 is 7.45. The van der Waals surface area contributed by atoms with Gasteiger partial charge in [0, 0.05) is 53.1 Å². The lowest BCUT2D eigenvalue weighted by Gasteiger charge is -2.11. The molecule has 0 atom stereocenters. The molecule has 10 rings (SSSR count). The number of benzene rings is 7. The van der Waals surface area contributed by atoms with Crippen LogP contribution in [-0.2, 0) is 0 Å². The summed E-state index contributed by atoms with van der Waals surface area (Å²) >= 11 is 1.86. The van der Waals surface area contributed by atoms with Crippen LogP contribution in [0.3, 0.4) is 0 Å². The molecule has 10 aromatic rings. The third kappa shape index (κ3) is 4.56.